The smallest absolute Gasteiger partial charge is 0.160 e. The van der Waals surface area contributed by atoms with Crippen LogP contribution in [0, 0.1) is 0 Å². The third-order valence-electron chi connectivity index (χ3n) is 0.645. The molecule has 0 aliphatic carbocycles. The van der Waals surface area contributed by atoms with Crippen LogP contribution >= 0.6 is 21.6 Å². The maximum Gasteiger partial charge on any atom is 0.452 e. The van der Waals surface area contributed by atoms with Crippen molar-refractivity contribution >= 4 is 29.7 Å². The molecule has 0 aliphatic heterocycles. The standard InChI is InChI=1S/C5H11F3S2Si/c1-11(2,3)4-9-10-5(6,7)8/h4H2,1-3H3. The fourth-order valence-corrected chi connectivity index (χ4v) is 6.17. The van der Waals surface area contributed by atoms with Crippen molar-refractivity contribution in [2.45, 2.75) is 25.1 Å². The van der Waals surface area contributed by atoms with Crippen LogP contribution in [0.15, 0.2) is 0 Å². The normalized spacial score (nSPS) is 13.6. The van der Waals surface area contributed by atoms with Crippen molar-refractivity contribution in [3.8, 4) is 0 Å². The molecule has 0 fully saturated rings. The van der Waals surface area contributed by atoms with E-state index < -0.39 is 13.6 Å². The van der Waals surface area contributed by atoms with E-state index in [9.17, 15) is 13.2 Å². The summed E-state index contributed by atoms with van der Waals surface area (Å²) < 4.78 is 34.8. The molecule has 0 aliphatic rings. The summed E-state index contributed by atoms with van der Waals surface area (Å²) in [6.07, 6.45) is 0. The average Bonchev–Trinajstić information content (AvgIpc) is 1.55. The van der Waals surface area contributed by atoms with Crippen molar-refractivity contribution in [1.29, 1.82) is 0 Å². The molecule has 0 aromatic rings. The van der Waals surface area contributed by atoms with Crippen LogP contribution in [0.3, 0.4) is 0 Å². The van der Waals surface area contributed by atoms with Crippen LogP contribution in [0.4, 0.5) is 13.2 Å². The molecule has 0 nitrogen and oxygen atoms in total. The quantitative estimate of drug-likeness (QED) is 0.524. The van der Waals surface area contributed by atoms with Crippen LogP contribution in [-0.4, -0.2) is 19.0 Å². The van der Waals surface area contributed by atoms with E-state index in [1.54, 1.807) is 0 Å². The minimum atomic E-state index is -4.08. The Labute approximate surface area is 73.7 Å². The SMILES string of the molecule is C[Si](C)(C)CSSC(F)(F)F. The maximum atomic E-state index is 11.6. The van der Waals surface area contributed by atoms with E-state index in [1.807, 2.05) is 0 Å². The molecule has 11 heavy (non-hydrogen) atoms. The van der Waals surface area contributed by atoms with Gasteiger partial charge in [-0.15, -0.1) is 0 Å². The Morgan fingerprint density at radius 2 is 1.64 bits per heavy atom. The Morgan fingerprint density at radius 1 is 1.18 bits per heavy atom. The summed E-state index contributed by atoms with van der Waals surface area (Å²) in [6, 6.07) is 0. The largest absolute Gasteiger partial charge is 0.452 e. The van der Waals surface area contributed by atoms with Crippen LogP contribution in [0.2, 0.25) is 19.6 Å². The van der Waals surface area contributed by atoms with Gasteiger partial charge in [0.25, 0.3) is 0 Å². The highest BCUT2D eigenvalue weighted by Crippen LogP contribution is 2.40. The molecule has 0 N–H and O–H groups in total. The second kappa shape index (κ2) is 4.09. The van der Waals surface area contributed by atoms with E-state index in [0.717, 1.165) is 10.8 Å². The van der Waals surface area contributed by atoms with Gasteiger partial charge in [0.15, 0.2) is 0 Å². The van der Waals surface area contributed by atoms with Gasteiger partial charge in [0.1, 0.15) is 0 Å². The third kappa shape index (κ3) is 10.7. The van der Waals surface area contributed by atoms with Gasteiger partial charge in [0.2, 0.25) is 0 Å². The molecule has 0 saturated heterocycles. The Bertz CT molecular complexity index is 104. The molecular formula is C5H11F3S2Si. The lowest BCUT2D eigenvalue weighted by atomic mass is 11.6. The second-order valence-electron chi connectivity index (χ2n) is 3.35. The van der Waals surface area contributed by atoms with Gasteiger partial charge in [-0.1, -0.05) is 30.4 Å². The summed E-state index contributed by atoms with van der Waals surface area (Å²) in [7, 11) is -0.383. The zero-order chi connectivity index (χ0) is 9.12. The summed E-state index contributed by atoms with van der Waals surface area (Å²) in [5, 5.41) is 0.650. The van der Waals surface area contributed by atoms with E-state index in [0.29, 0.717) is 5.38 Å². The molecule has 68 valence electrons. The fourth-order valence-electron chi connectivity index (χ4n) is 0.273. The first-order chi connectivity index (χ1) is 4.71. The molecule has 0 heterocycles. The van der Waals surface area contributed by atoms with Crippen LogP contribution in [0.5, 0.6) is 0 Å². The molecule has 0 aromatic carbocycles. The average molecular weight is 220 g/mol. The van der Waals surface area contributed by atoms with Gasteiger partial charge in [0.05, 0.1) is 8.07 Å². The van der Waals surface area contributed by atoms with E-state index in [-0.39, 0.29) is 10.8 Å². The fraction of sp³-hybridized carbons (Fsp3) is 1.00. The number of rotatable bonds is 3. The first kappa shape index (κ1) is 11.7. The molecule has 0 aromatic heterocycles. The summed E-state index contributed by atoms with van der Waals surface area (Å²) in [5.74, 6) is 0. The van der Waals surface area contributed by atoms with Crippen LogP contribution in [0.25, 0.3) is 0 Å². The van der Waals surface area contributed by atoms with Gasteiger partial charge in [-0.3, -0.25) is 0 Å². The minimum Gasteiger partial charge on any atom is -0.160 e. The molecule has 0 bridgehead atoms. The van der Waals surface area contributed by atoms with Gasteiger partial charge in [0, 0.05) is 10.8 Å². The first-order valence-electron chi connectivity index (χ1n) is 3.08. The number of halogens is 3. The van der Waals surface area contributed by atoms with Gasteiger partial charge >= 0.3 is 5.51 Å². The highest BCUT2D eigenvalue weighted by Gasteiger charge is 2.29. The van der Waals surface area contributed by atoms with E-state index in [1.165, 1.54) is 0 Å². The predicted molar refractivity (Wildman–Crippen MR) is 49.5 cm³/mol. The lowest BCUT2D eigenvalue weighted by Gasteiger charge is -2.14. The molecule has 0 unspecified atom stereocenters. The predicted octanol–water partition coefficient (Wildman–Crippen LogP) is 3.77. The molecule has 0 atom stereocenters. The molecule has 0 rings (SSSR count). The molecule has 0 radical (unpaired) electrons. The summed E-state index contributed by atoms with van der Waals surface area (Å²) in [6.45, 7) is 6.16. The lowest BCUT2D eigenvalue weighted by molar-refractivity contribution is -0.0311. The molecule has 0 spiro atoms. The Morgan fingerprint density at radius 3 is 1.91 bits per heavy atom. The van der Waals surface area contributed by atoms with Crippen LogP contribution < -0.4 is 0 Å². The van der Waals surface area contributed by atoms with Crippen molar-refractivity contribution in [3.05, 3.63) is 0 Å². The van der Waals surface area contributed by atoms with Crippen molar-refractivity contribution < 1.29 is 13.2 Å². The van der Waals surface area contributed by atoms with Gasteiger partial charge < -0.3 is 0 Å². The van der Waals surface area contributed by atoms with Crippen LogP contribution in [-0.2, 0) is 0 Å². The topological polar surface area (TPSA) is 0 Å². The van der Waals surface area contributed by atoms with Crippen LogP contribution in [0.1, 0.15) is 0 Å². The van der Waals surface area contributed by atoms with Gasteiger partial charge in [-0.2, -0.15) is 13.2 Å². The number of hydrogen-bond acceptors (Lipinski definition) is 2. The molecule has 6 heteroatoms. The van der Waals surface area contributed by atoms with E-state index in [4.69, 9.17) is 0 Å². The number of alkyl halides is 3. The summed E-state index contributed by atoms with van der Waals surface area (Å²) in [4.78, 5) is 0. The first-order valence-corrected chi connectivity index (χ1v) is 9.11. The molecule has 0 amide bonds. The Kier molecular flexibility index (Phi) is 4.35. The highest BCUT2D eigenvalue weighted by atomic mass is 33.1. The highest BCUT2D eigenvalue weighted by molar-refractivity contribution is 8.77. The monoisotopic (exact) mass is 220 g/mol. The minimum absolute atomic E-state index is 0.0118. The zero-order valence-electron chi connectivity index (χ0n) is 6.66. The van der Waals surface area contributed by atoms with Crippen molar-refractivity contribution in [2.24, 2.45) is 0 Å². The summed E-state index contributed by atoms with van der Waals surface area (Å²) >= 11 is 0. The van der Waals surface area contributed by atoms with Crippen molar-refractivity contribution in [1.82, 2.24) is 0 Å². The second-order valence-corrected chi connectivity index (χ2v) is 11.7. The van der Waals surface area contributed by atoms with Crippen molar-refractivity contribution in [2.75, 3.05) is 5.38 Å². The molecular weight excluding hydrogens is 209 g/mol. The Balaban J connectivity index is 3.44. The molecule has 0 saturated carbocycles. The van der Waals surface area contributed by atoms with E-state index in [2.05, 4.69) is 19.6 Å². The zero-order valence-corrected chi connectivity index (χ0v) is 9.29. The van der Waals surface area contributed by atoms with Gasteiger partial charge in [-0.05, 0) is 5.38 Å². The van der Waals surface area contributed by atoms with E-state index >= 15 is 0 Å². The third-order valence-corrected chi connectivity index (χ3v) is 6.87. The van der Waals surface area contributed by atoms with Crippen molar-refractivity contribution in [3.63, 3.8) is 0 Å². The maximum absolute atomic E-state index is 11.6. The lowest BCUT2D eigenvalue weighted by Crippen LogP contribution is -2.23. The van der Waals surface area contributed by atoms with Gasteiger partial charge in [-0.25, -0.2) is 0 Å². The number of hydrogen-bond donors (Lipinski definition) is 0. The Hall–Kier alpha value is 0.707. The summed E-state index contributed by atoms with van der Waals surface area (Å²) in [5.41, 5.74) is -4.08.